The first-order chi connectivity index (χ1) is 6.63. The Labute approximate surface area is 128 Å². The molecule has 0 unspecified atom stereocenters. The molecule has 4 nitrogen and oxygen atoms in total. The Morgan fingerprint density at radius 2 is 1.87 bits per heavy atom. The van der Waals surface area contributed by atoms with Crippen molar-refractivity contribution in [2.24, 2.45) is 0 Å². The molecule has 0 radical (unpaired) electrons. The van der Waals surface area contributed by atoms with Crippen LogP contribution in [0.15, 0.2) is 30.0 Å². The van der Waals surface area contributed by atoms with E-state index in [1.807, 2.05) is 0 Å². The Morgan fingerprint density at radius 1 is 1.33 bits per heavy atom. The Morgan fingerprint density at radius 3 is 2.27 bits per heavy atom. The van der Waals surface area contributed by atoms with Crippen LogP contribution in [0.2, 0.25) is 0 Å². The van der Waals surface area contributed by atoms with Crippen LogP contribution in [0, 0.1) is 0 Å². The predicted octanol–water partition coefficient (Wildman–Crippen LogP) is 0.548. The summed E-state index contributed by atoms with van der Waals surface area (Å²) in [5, 5.41) is 17.6. The molecule has 0 fully saturated rings. The maximum absolute atomic E-state index is 10.6. The van der Waals surface area contributed by atoms with Crippen molar-refractivity contribution in [1.82, 2.24) is 0 Å². The van der Waals surface area contributed by atoms with Gasteiger partial charge in [-0.15, -0.1) is 0 Å². The first-order valence-electron chi connectivity index (χ1n) is 3.91. The van der Waals surface area contributed by atoms with Gasteiger partial charge in [0.25, 0.3) is 0 Å². The number of hydrogen-bond donors (Lipinski definition) is 2. The summed E-state index contributed by atoms with van der Waals surface area (Å²) in [5.41, 5.74) is 0.655. The van der Waals surface area contributed by atoms with Crippen LogP contribution in [0.4, 0.5) is 0 Å². The number of carboxylic acids is 1. The molecule has 1 aromatic carbocycles. The number of methoxy groups -OCH3 is 1. The van der Waals surface area contributed by atoms with Gasteiger partial charge in [-0.2, -0.15) is 0 Å². The van der Waals surface area contributed by atoms with Gasteiger partial charge in [0.2, 0.25) is 5.76 Å². The zero-order valence-corrected chi connectivity index (χ0v) is 7.60. The summed E-state index contributed by atoms with van der Waals surface area (Å²) >= 11 is 0. The third kappa shape index (κ3) is 4.76. The summed E-state index contributed by atoms with van der Waals surface area (Å²) in [6, 6.07) is 6.14. The van der Waals surface area contributed by atoms with Gasteiger partial charge in [-0.05, 0) is 23.8 Å². The zero-order valence-electron chi connectivity index (χ0n) is 7.60. The summed E-state index contributed by atoms with van der Waals surface area (Å²) in [4.78, 5) is 10.6. The number of carboxylic acid groups (broad SMARTS) is 1. The number of aromatic hydroxyl groups is 1. The van der Waals surface area contributed by atoms with Crippen molar-refractivity contribution in [2.75, 3.05) is 7.11 Å². The van der Waals surface area contributed by atoms with Gasteiger partial charge in [-0.3, -0.25) is 0 Å². The molecule has 5 heteroatoms. The zero-order chi connectivity index (χ0) is 10.6. The van der Waals surface area contributed by atoms with Crippen molar-refractivity contribution in [3.8, 4) is 5.75 Å². The molecule has 15 heavy (non-hydrogen) atoms. The molecule has 0 heterocycles. The number of benzene rings is 1. The molecule has 0 aliphatic carbocycles. The Bertz CT molecular complexity index is 356. The fraction of sp³-hybridized carbons (Fsp3) is 0.100. The number of ether oxygens (including phenoxy) is 1. The number of aliphatic carboxylic acids is 1. The van der Waals surface area contributed by atoms with Crippen molar-refractivity contribution in [3.05, 3.63) is 35.6 Å². The third-order valence-electron chi connectivity index (χ3n) is 1.62. The quantitative estimate of drug-likeness (QED) is 0.482. The molecule has 0 spiro atoms. The average Bonchev–Trinajstić information content (AvgIpc) is 2.16. The molecule has 78 valence electrons. The molecule has 0 aliphatic rings. The first kappa shape index (κ1) is 14.6. The molecule has 0 amide bonds. The van der Waals surface area contributed by atoms with Crippen molar-refractivity contribution < 1.29 is 19.7 Å². The number of rotatable bonds is 3. The van der Waals surface area contributed by atoms with Crippen LogP contribution in [0.5, 0.6) is 5.75 Å². The number of phenolic OH excluding ortho intramolecular Hbond substituents is 1. The number of carbonyl (C=O) groups is 1. The van der Waals surface area contributed by atoms with Crippen molar-refractivity contribution in [1.29, 1.82) is 0 Å². The Kier molecular flexibility index (Phi) is 6.79. The van der Waals surface area contributed by atoms with Crippen LogP contribution in [0.1, 0.15) is 5.56 Å². The molecule has 0 aliphatic heterocycles. The van der Waals surface area contributed by atoms with Crippen LogP contribution in [-0.4, -0.2) is 72.2 Å². The second-order valence-corrected chi connectivity index (χ2v) is 2.61. The van der Waals surface area contributed by atoms with Gasteiger partial charge in [-0.25, -0.2) is 4.79 Å². The van der Waals surface area contributed by atoms with E-state index in [0.29, 0.717) is 5.56 Å². The maximum atomic E-state index is 10.6. The molecule has 1 aromatic rings. The van der Waals surface area contributed by atoms with E-state index in [4.69, 9.17) is 10.2 Å². The van der Waals surface area contributed by atoms with Crippen LogP contribution < -0.4 is 0 Å². The second-order valence-electron chi connectivity index (χ2n) is 2.61. The molecule has 0 atom stereocenters. The molecular weight excluding hydrogens is 321 g/mol. The van der Waals surface area contributed by atoms with Gasteiger partial charge < -0.3 is 14.9 Å². The van der Waals surface area contributed by atoms with Crippen molar-refractivity contribution in [2.45, 2.75) is 0 Å². The van der Waals surface area contributed by atoms with E-state index in [-0.39, 0.29) is 60.4 Å². The molecule has 1 rings (SSSR count). The van der Waals surface area contributed by atoms with Gasteiger partial charge >= 0.3 is 54.9 Å². The topological polar surface area (TPSA) is 66.8 Å². The number of hydrogen-bond acceptors (Lipinski definition) is 3. The molecule has 0 aromatic heterocycles. The monoisotopic (exact) mass is 334 g/mol. The van der Waals surface area contributed by atoms with Gasteiger partial charge in [0.1, 0.15) is 5.75 Å². The summed E-state index contributed by atoms with van der Waals surface area (Å²) in [6.45, 7) is 0. The molecule has 0 saturated heterocycles. The van der Waals surface area contributed by atoms with Crippen LogP contribution in [0.3, 0.4) is 0 Å². The van der Waals surface area contributed by atoms with E-state index in [1.165, 1.54) is 25.3 Å². The van der Waals surface area contributed by atoms with Gasteiger partial charge in [-0.1, -0.05) is 12.1 Å². The summed E-state index contributed by atoms with van der Waals surface area (Å²) < 4.78 is 4.64. The normalized spacial score (nSPS) is 10.3. The second kappa shape index (κ2) is 6.97. The number of phenols is 1. The van der Waals surface area contributed by atoms with E-state index < -0.39 is 5.97 Å². The minimum absolute atomic E-state index is 0. The predicted molar refractivity (Wildman–Crippen MR) is 59.3 cm³/mol. The van der Waals surface area contributed by atoms with E-state index >= 15 is 0 Å². The standard InChI is InChI=1S/C10H10O4.Ba.2H/c1-14-9(10(12)13)6-7-2-4-8(11)5-3-7;;;/h2-6,11H,1H3,(H,12,13);;;. The van der Waals surface area contributed by atoms with Crippen molar-refractivity contribution in [3.63, 3.8) is 0 Å². The first-order valence-corrected chi connectivity index (χ1v) is 3.91. The summed E-state index contributed by atoms with van der Waals surface area (Å²) in [6.07, 6.45) is 1.38. The molecule has 0 saturated carbocycles. The van der Waals surface area contributed by atoms with E-state index in [9.17, 15) is 4.79 Å². The van der Waals surface area contributed by atoms with E-state index in [1.54, 1.807) is 12.1 Å². The van der Waals surface area contributed by atoms with Crippen LogP contribution >= 0.6 is 0 Å². The van der Waals surface area contributed by atoms with Crippen molar-refractivity contribution >= 4 is 60.9 Å². The van der Waals surface area contributed by atoms with Gasteiger partial charge in [0.05, 0.1) is 7.11 Å². The molecular formula is C10H12BaO4. The SMILES string of the molecule is COC(=Cc1ccc(O)cc1)C(=O)O.[BaH2]. The van der Waals surface area contributed by atoms with E-state index in [2.05, 4.69) is 4.74 Å². The Hall–Kier alpha value is -0.399. The van der Waals surface area contributed by atoms with Crippen LogP contribution in [0.25, 0.3) is 6.08 Å². The fourth-order valence-corrected chi connectivity index (χ4v) is 0.930. The fourth-order valence-electron chi connectivity index (χ4n) is 0.930. The molecule has 0 bridgehead atoms. The molecule has 2 N–H and O–H groups in total. The minimum atomic E-state index is -1.12. The van der Waals surface area contributed by atoms with Gasteiger partial charge in [0.15, 0.2) is 0 Å². The summed E-state index contributed by atoms with van der Waals surface area (Å²) in [7, 11) is 1.29. The third-order valence-corrected chi connectivity index (χ3v) is 1.62. The summed E-state index contributed by atoms with van der Waals surface area (Å²) in [5.74, 6) is -1.13. The van der Waals surface area contributed by atoms with Crippen LogP contribution in [-0.2, 0) is 9.53 Å². The van der Waals surface area contributed by atoms with E-state index in [0.717, 1.165) is 0 Å². The average molecular weight is 334 g/mol. The Balaban J connectivity index is 0.00000196. The van der Waals surface area contributed by atoms with Gasteiger partial charge in [0, 0.05) is 0 Å².